The zero-order chi connectivity index (χ0) is 28.4. The first-order chi connectivity index (χ1) is 19.2. The molecule has 4 aromatic rings. The summed E-state index contributed by atoms with van der Waals surface area (Å²) in [5, 5.41) is 6.94. The van der Waals surface area contributed by atoms with Crippen LogP contribution < -0.4 is 16.0 Å². The highest BCUT2D eigenvalue weighted by Crippen LogP contribution is 2.37. The number of anilines is 1. The average molecular weight is 549 g/mol. The van der Waals surface area contributed by atoms with E-state index in [0.29, 0.717) is 41.7 Å². The lowest BCUT2D eigenvalue weighted by Gasteiger charge is -2.33. The zero-order valence-electron chi connectivity index (χ0n) is 22.2. The number of piperidine rings is 1. The summed E-state index contributed by atoms with van der Waals surface area (Å²) in [5.74, 6) is -1.77. The summed E-state index contributed by atoms with van der Waals surface area (Å²) in [4.78, 5) is 29.6. The average Bonchev–Trinajstić information content (AvgIpc) is 3.35. The Labute approximate surface area is 229 Å². The first-order valence-electron chi connectivity index (χ1n) is 12.9. The second-order valence-corrected chi connectivity index (χ2v) is 10.0. The van der Waals surface area contributed by atoms with Crippen LogP contribution in [0.3, 0.4) is 0 Å². The molecule has 0 bridgehead atoms. The molecule has 3 N–H and O–H groups in total. The highest BCUT2D eigenvalue weighted by atomic mass is 19.1. The summed E-state index contributed by atoms with van der Waals surface area (Å²) >= 11 is 0. The van der Waals surface area contributed by atoms with E-state index in [9.17, 15) is 18.4 Å². The molecule has 2 aromatic carbocycles. The van der Waals surface area contributed by atoms with E-state index in [1.54, 1.807) is 35.2 Å². The number of H-pyrrole nitrogens is 1. The number of nitrogens with one attached hydrogen (secondary N) is 1. The molecule has 1 aliphatic rings. The van der Waals surface area contributed by atoms with Gasteiger partial charge in [0.25, 0.3) is 5.56 Å². The van der Waals surface area contributed by atoms with Crippen LogP contribution in [-0.2, 0) is 4.79 Å². The molecule has 208 valence electrons. The number of nitrogens with two attached hydrogens (primary N) is 1. The third-order valence-corrected chi connectivity index (χ3v) is 6.92. The fourth-order valence-corrected chi connectivity index (χ4v) is 4.99. The molecular formula is C29H30F2N6O3. The lowest BCUT2D eigenvalue weighted by Crippen LogP contribution is -2.40. The fourth-order valence-electron chi connectivity index (χ4n) is 4.99. The van der Waals surface area contributed by atoms with Gasteiger partial charge in [0.1, 0.15) is 11.3 Å². The predicted octanol–water partition coefficient (Wildman–Crippen LogP) is 4.33. The van der Waals surface area contributed by atoms with Crippen molar-refractivity contribution in [1.29, 1.82) is 0 Å². The van der Waals surface area contributed by atoms with Gasteiger partial charge in [-0.3, -0.25) is 9.59 Å². The van der Waals surface area contributed by atoms with Gasteiger partial charge in [0.15, 0.2) is 23.2 Å². The number of hydrogen-bond acceptors (Lipinski definition) is 6. The van der Waals surface area contributed by atoms with Crippen LogP contribution in [0.4, 0.5) is 14.6 Å². The van der Waals surface area contributed by atoms with E-state index >= 15 is 0 Å². The SMILES string of the molecule is CN(C)C/C=C/C(=O)N1CCCC(n2cc(-c3ccc(Oc4c(F)cccc4F)cc3)c3c(N)n[nH]c(=O)c32)C1. The van der Waals surface area contributed by atoms with E-state index in [2.05, 4.69) is 10.2 Å². The minimum Gasteiger partial charge on any atom is -0.451 e. The van der Waals surface area contributed by atoms with E-state index < -0.39 is 17.4 Å². The number of fused-ring (bicyclic) bond motifs is 1. The maximum atomic E-state index is 14.0. The summed E-state index contributed by atoms with van der Waals surface area (Å²) in [5.41, 5.74) is 7.61. The van der Waals surface area contributed by atoms with Crippen LogP contribution in [0.25, 0.3) is 22.0 Å². The maximum absolute atomic E-state index is 14.0. The molecular weight excluding hydrogens is 518 g/mol. The zero-order valence-corrected chi connectivity index (χ0v) is 22.2. The Hall–Kier alpha value is -4.51. The quantitative estimate of drug-likeness (QED) is 0.333. The predicted molar refractivity (Wildman–Crippen MR) is 149 cm³/mol. The van der Waals surface area contributed by atoms with Gasteiger partial charge in [-0.2, -0.15) is 5.10 Å². The number of amides is 1. The number of carbonyl (C=O) groups is 1. The highest BCUT2D eigenvalue weighted by Gasteiger charge is 2.27. The van der Waals surface area contributed by atoms with E-state index in [4.69, 9.17) is 10.5 Å². The van der Waals surface area contributed by atoms with Gasteiger partial charge in [-0.25, -0.2) is 13.9 Å². The number of para-hydroxylation sites is 1. The topological polar surface area (TPSA) is 109 Å². The van der Waals surface area contributed by atoms with Crippen LogP contribution in [0, 0.1) is 11.6 Å². The summed E-state index contributed by atoms with van der Waals surface area (Å²) in [7, 11) is 3.87. The van der Waals surface area contributed by atoms with Crippen molar-refractivity contribution in [2.75, 3.05) is 39.5 Å². The molecule has 0 spiro atoms. The third kappa shape index (κ3) is 5.46. The molecule has 1 aliphatic heterocycles. The molecule has 2 aromatic heterocycles. The summed E-state index contributed by atoms with van der Waals surface area (Å²) in [6.07, 6.45) is 6.83. The lowest BCUT2D eigenvalue weighted by molar-refractivity contribution is -0.127. The molecule has 3 heterocycles. The van der Waals surface area contributed by atoms with Crippen molar-refractivity contribution < 1.29 is 18.3 Å². The lowest BCUT2D eigenvalue weighted by atomic mass is 10.1. The molecule has 0 saturated carbocycles. The largest absolute Gasteiger partial charge is 0.451 e. The van der Waals surface area contributed by atoms with Gasteiger partial charge in [0.2, 0.25) is 5.91 Å². The van der Waals surface area contributed by atoms with E-state index in [0.717, 1.165) is 25.0 Å². The number of halogens is 2. The van der Waals surface area contributed by atoms with Crippen molar-refractivity contribution in [2.45, 2.75) is 18.9 Å². The van der Waals surface area contributed by atoms with Gasteiger partial charge in [0, 0.05) is 37.5 Å². The standard InChI is InChI=1S/C29H30F2N6O3/c1-35(2)14-5-9-24(38)36-15-4-6-19(16-36)37-17-21(25-26(37)29(39)34-33-28(25)32)18-10-12-20(13-11-18)40-27-22(30)7-3-8-23(27)31/h3,5,7-13,17,19H,4,6,14-16H2,1-2H3,(H2,32,33)(H,34,39)/b9-5+. The normalized spacial score (nSPS) is 15.8. The van der Waals surface area contributed by atoms with Crippen molar-refractivity contribution in [2.24, 2.45) is 0 Å². The summed E-state index contributed by atoms with van der Waals surface area (Å²) in [6.45, 7) is 1.74. The fraction of sp³-hybridized carbons (Fsp3) is 0.276. The van der Waals surface area contributed by atoms with Crippen molar-refractivity contribution in [3.8, 4) is 22.6 Å². The minimum absolute atomic E-state index is 0.0693. The molecule has 11 heteroatoms. The molecule has 1 fully saturated rings. The molecule has 40 heavy (non-hydrogen) atoms. The molecule has 1 unspecified atom stereocenters. The highest BCUT2D eigenvalue weighted by molar-refractivity contribution is 6.02. The first kappa shape index (κ1) is 27.1. The van der Waals surface area contributed by atoms with Crippen LogP contribution in [0.15, 0.2) is 65.6 Å². The number of ether oxygens (including phenoxy) is 1. The minimum atomic E-state index is -0.807. The van der Waals surface area contributed by atoms with Crippen molar-refractivity contribution in [1.82, 2.24) is 24.6 Å². The molecule has 1 amide bonds. The van der Waals surface area contributed by atoms with Gasteiger partial charge in [-0.1, -0.05) is 24.3 Å². The molecule has 0 radical (unpaired) electrons. The Balaban J connectivity index is 1.47. The number of nitrogens with zero attached hydrogens (tertiary/aromatic N) is 4. The van der Waals surface area contributed by atoms with Gasteiger partial charge in [-0.05, 0) is 56.8 Å². The number of hydrogen-bond donors (Lipinski definition) is 2. The van der Waals surface area contributed by atoms with E-state index in [1.807, 2.05) is 35.8 Å². The smallest absolute Gasteiger partial charge is 0.288 e. The Morgan fingerprint density at radius 3 is 2.62 bits per heavy atom. The number of nitrogen functional groups attached to an aromatic ring is 1. The van der Waals surface area contributed by atoms with E-state index in [1.165, 1.54) is 6.07 Å². The number of carbonyl (C=O) groups excluding carboxylic acids is 1. The summed E-state index contributed by atoms with van der Waals surface area (Å²) in [6, 6.07) is 9.97. The van der Waals surface area contributed by atoms with Gasteiger partial charge >= 0.3 is 0 Å². The van der Waals surface area contributed by atoms with Crippen LogP contribution in [0.1, 0.15) is 18.9 Å². The van der Waals surface area contributed by atoms with Gasteiger partial charge in [-0.15, -0.1) is 0 Å². The monoisotopic (exact) mass is 548 g/mol. The van der Waals surface area contributed by atoms with Crippen molar-refractivity contribution in [3.63, 3.8) is 0 Å². The van der Waals surface area contributed by atoms with Crippen LogP contribution in [0.2, 0.25) is 0 Å². The second kappa shape index (κ2) is 11.3. The van der Waals surface area contributed by atoms with E-state index in [-0.39, 0.29) is 29.1 Å². The van der Waals surface area contributed by atoms with Crippen LogP contribution in [-0.4, -0.2) is 64.2 Å². The molecule has 1 saturated heterocycles. The van der Waals surface area contributed by atoms with Crippen LogP contribution >= 0.6 is 0 Å². The number of rotatable bonds is 7. The summed E-state index contributed by atoms with van der Waals surface area (Å²) < 4.78 is 35.4. The number of benzene rings is 2. The Morgan fingerprint density at radius 1 is 1.20 bits per heavy atom. The Morgan fingerprint density at radius 2 is 1.93 bits per heavy atom. The number of likely N-dealkylation sites (N-methyl/N-ethyl adjacent to an activating group) is 1. The molecule has 0 aliphatic carbocycles. The molecule has 5 rings (SSSR count). The number of likely N-dealkylation sites (tertiary alicyclic amines) is 1. The Kier molecular flexibility index (Phi) is 7.65. The van der Waals surface area contributed by atoms with Crippen LogP contribution in [0.5, 0.6) is 11.5 Å². The van der Waals surface area contributed by atoms with Crippen molar-refractivity contribution >= 4 is 22.6 Å². The van der Waals surface area contributed by atoms with Gasteiger partial charge in [0.05, 0.1) is 11.4 Å². The third-order valence-electron chi connectivity index (χ3n) is 6.92. The Bertz CT molecular complexity index is 1610. The molecule has 1 atom stereocenters. The molecule has 9 nitrogen and oxygen atoms in total. The maximum Gasteiger partial charge on any atom is 0.288 e. The van der Waals surface area contributed by atoms with Crippen molar-refractivity contribution in [3.05, 3.63) is 82.8 Å². The second-order valence-electron chi connectivity index (χ2n) is 10.0. The van der Waals surface area contributed by atoms with Gasteiger partial charge < -0.3 is 24.8 Å². The number of aromatic amines is 1. The first-order valence-corrected chi connectivity index (χ1v) is 12.9. The number of aromatic nitrogens is 3.